The van der Waals surface area contributed by atoms with E-state index < -0.39 is 12.8 Å². The summed E-state index contributed by atoms with van der Waals surface area (Å²) < 4.78 is 31.7. The van der Waals surface area contributed by atoms with Crippen molar-refractivity contribution in [2.24, 2.45) is 0 Å². The van der Waals surface area contributed by atoms with E-state index in [-0.39, 0.29) is 24.6 Å². The third kappa shape index (κ3) is 7.18. The van der Waals surface area contributed by atoms with Crippen LogP contribution in [0.25, 0.3) is 0 Å². The molecule has 5 nitrogen and oxygen atoms in total. The standard InChI is InChI=1S/C21H39O5P/c1-4-5-16-24-20(22)17-21(2,3)27(23,25-18-12-8-6-9-13-18)26-19-14-10-7-11-15-19/h18-19H,4-17H2,1-3H3. The molecule has 0 spiro atoms. The molecule has 0 radical (unpaired) electrons. The summed E-state index contributed by atoms with van der Waals surface area (Å²) in [7, 11) is -3.45. The highest BCUT2D eigenvalue weighted by Crippen LogP contribution is 2.64. The first-order valence-corrected chi connectivity index (χ1v) is 12.5. The summed E-state index contributed by atoms with van der Waals surface area (Å²) in [5.74, 6) is -0.312. The molecule has 0 unspecified atom stereocenters. The van der Waals surface area contributed by atoms with Gasteiger partial charge in [-0.25, -0.2) is 0 Å². The lowest BCUT2D eigenvalue weighted by Crippen LogP contribution is -2.32. The highest BCUT2D eigenvalue weighted by Gasteiger charge is 2.48. The van der Waals surface area contributed by atoms with E-state index in [4.69, 9.17) is 13.8 Å². The summed E-state index contributed by atoms with van der Waals surface area (Å²) in [4.78, 5) is 12.3. The van der Waals surface area contributed by atoms with Gasteiger partial charge in [0.25, 0.3) is 0 Å². The number of hydrogen-bond acceptors (Lipinski definition) is 5. The van der Waals surface area contributed by atoms with Crippen LogP contribution in [0.2, 0.25) is 0 Å². The summed E-state index contributed by atoms with van der Waals surface area (Å²) in [6, 6.07) is 0. The quantitative estimate of drug-likeness (QED) is 0.241. The Morgan fingerprint density at radius 1 is 0.926 bits per heavy atom. The van der Waals surface area contributed by atoms with E-state index in [1.807, 2.05) is 13.8 Å². The molecule has 2 rings (SSSR count). The molecule has 0 aromatic heterocycles. The zero-order valence-corrected chi connectivity index (χ0v) is 18.4. The Bertz CT molecular complexity index is 469. The zero-order chi connectivity index (χ0) is 19.8. The average Bonchev–Trinajstić information content (AvgIpc) is 2.63. The number of hydrogen-bond donors (Lipinski definition) is 0. The first-order chi connectivity index (χ1) is 12.9. The molecule has 0 amide bonds. The second kappa shape index (κ2) is 11.0. The summed E-state index contributed by atoms with van der Waals surface area (Å²) >= 11 is 0. The van der Waals surface area contributed by atoms with E-state index in [2.05, 4.69) is 6.92 Å². The lowest BCUT2D eigenvalue weighted by Gasteiger charge is -2.38. The lowest BCUT2D eigenvalue weighted by molar-refractivity contribution is -0.144. The Balaban J connectivity index is 2.07. The Kier molecular flexibility index (Phi) is 9.31. The molecule has 0 atom stereocenters. The van der Waals surface area contributed by atoms with E-state index in [0.29, 0.717) is 6.61 Å². The molecule has 0 aliphatic heterocycles. The van der Waals surface area contributed by atoms with Crippen LogP contribution in [-0.4, -0.2) is 29.9 Å². The molecule has 0 heterocycles. The molecule has 2 aliphatic rings. The van der Waals surface area contributed by atoms with Crippen LogP contribution in [0.15, 0.2) is 0 Å². The third-order valence-electron chi connectivity index (χ3n) is 5.76. The van der Waals surface area contributed by atoms with Crippen molar-refractivity contribution >= 4 is 13.6 Å². The summed E-state index contributed by atoms with van der Waals surface area (Å²) in [5.41, 5.74) is 0. The minimum absolute atomic E-state index is 0.0245. The number of unbranched alkanes of at least 4 members (excludes halogenated alkanes) is 1. The van der Waals surface area contributed by atoms with Crippen LogP contribution in [0.5, 0.6) is 0 Å². The molecule has 0 N–H and O–H groups in total. The zero-order valence-electron chi connectivity index (χ0n) is 17.5. The van der Waals surface area contributed by atoms with Gasteiger partial charge in [0, 0.05) is 0 Å². The molecule has 0 aromatic rings. The average molecular weight is 403 g/mol. The van der Waals surface area contributed by atoms with Crippen molar-refractivity contribution in [1.82, 2.24) is 0 Å². The Labute approximate surface area is 165 Å². The number of carbonyl (C=O) groups excluding carboxylic acids is 1. The van der Waals surface area contributed by atoms with Crippen molar-refractivity contribution in [3.63, 3.8) is 0 Å². The molecule has 27 heavy (non-hydrogen) atoms. The van der Waals surface area contributed by atoms with Gasteiger partial charge in [0.05, 0.1) is 30.4 Å². The van der Waals surface area contributed by atoms with E-state index in [1.54, 1.807) is 0 Å². The first kappa shape index (κ1) is 22.9. The summed E-state index contributed by atoms with van der Waals surface area (Å²) in [6.45, 7) is 6.14. The SMILES string of the molecule is CCCCOC(=O)CC(C)(C)P(=O)(OC1CCCCC1)OC1CCCCC1. The van der Waals surface area contributed by atoms with Crippen molar-refractivity contribution in [2.45, 2.75) is 122 Å². The molecule has 2 aliphatic carbocycles. The van der Waals surface area contributed by atoms with Gasteiger partial charge in [0.1, 0.15) is 0 Å². The maximum Gasteiger partial charge on any atom is 0.337 e. The van der Waals surface area contributed by atoms with Gasteiger partial charge in [-0.15, -0.1) is 0 Å². The van der Waals surface area contributed by atoms with Crippen LogP contribution in [0.3, 0.4) is 0 Å². The molecular weight excluding hydrogens is 363 g/mol. The van der Waals surface area contributed by atoms with Crippen molar-refractivity contribution in [3.8, 4) is 0 Å². The number of rotatable bonds is 10. The van der Waals surface area contributed by atoms with Crippen LogP contribution in [0.1, 0.15) is 104 Å². The van der Waals surface area contributed by atoms with Crippen LogP contribution >= 0.6 is 7.60 Å². The molecule has 0 aromatic carbocycles. The minimum Gasteiger partial charge on any atom is -0.466 e. The van der Waals surface area contributed by atoms with Gasteiger partial charge in [0.15, 0.2) is 0 Å². The van der Waals surface area contributed by atoms with Gasteiger partial charge in [0.2, 0.25) is 0 Å². The Morgan fingerprint density at radius 3 is 1.85 bits per heavy atom. The van der Waals surface area contributed by atoms with Gasteiger partial charge in [-0.05, 0) is 46.0 Å². The van der Waals surface area contributed by atoms with E-state index >= 15 is 0 Å². The second-order valence-corrected chi connectivity index (χ2v) is 11.4. The molecule has 0 bridgehead atoms. The summed E-state index contributed by atoms with van der Waals surface area (Å²) in [6.07, 6.45) is 12.4. The second-order valence-electron chi connectivity index (χ2n) is 8.79. The Hall–Kier alpha value is -0.380. The van der Waals surface area contributed by atoms with Crippen LogP contribution < -0.4 is 0 Å². The highest BCUT2D eigenvalue weighted by atomic mass is 31.2. The van der Waals surface area contributed by atoms with Gasteiger partial charge < -0.3 is 13.8 Å². The van der Waals surface area contributed by atoms with Gasteiger partial charge in [-0.1, -0.05) is 51.9 Å². The van der Waals surface area contributed by atoms with Gasteiger partial charge >= 0.3 is 13.6 Å². The number of esters is 1. The minimum atomic E-state index is -3.45. The van der Waals surface area contributed by atoms with Crippen molar-refractivity contribution in [1.29, 1.82) is 0 Å². The predicted octanol–water partition coefficient (Wildman–Crippen LogP) is 6.39. The maximum absolute atomic E-state index is 14.0. The number of ether oxygens (including phenoxy) is 1. The van der Waals surface area contributed by atoms with Crippen LogP contribution in [0, 0.1) is 0 Å². The van der Waals surface area contributed by atoms with Crippen LogP contribution in [0.4, 0.5) is 0 Å². The molecule has 158 valence electrons. The molecule has 2 saturated carbocycles. The maximum atomic E-state index is 14.0. The van der Waals surface area contributed by atoms with E-state index in [9.17, 15) is 9.36 Å². The fourth-order valence-electron chi connectivity index (χ4n) is 3.88. The third-order valence-corrected chi connectivity index (χ3v) is 8.55. The normalized spacial score (nSPS) is 20.6. The van der Waals surface area contributed by atoms with Crippen molar-refractivity contribution < 1.29 is 23.1 Å². The van der Waals surface area contributed by atoms with Crippen molar-refractivity contribution in [3.05, 3.63) is 0 Å². The van der Waals surface area contributed by atoms with Gasteiger partial charge in [-0.2, -0.15) is 0 Å². The predicted molar refractivity (Wildman–Crippen MR) is 108 cm³/mol. The fraction of sp³-hybridized carbons (Fsp3) is 0.952. The van der Waals surface area contributed by atoms with Gasteiger partial charge in [-0.3, -0.25) is 9.36 Å². The molecule has 6 heteroatoms. The topological polar surface area (TPSA) is 61.8 Å². The summed E-state index contributed by atoms with van der Waals surface area (Å²) in [5, 5.41) is -0.884. The highest BCUT2D eigenvalue weighted by molar-refractivity contribution is 7.55. The molecule has 2 fully saturated rings. The monoisotopic (exact) mass is 402 g/mol. The largest absolute Gasteiger partial charge is 0.466 e. The Morgan fingerprint density at radius 2 is 1.41 bits per heavy atom. The van der Waals surface area contributed by atoms with Crippen molar-refractivity contribution in [2.75, 3.05) is 6.61 Å². The molecule has 0 saturated heterocycles. The number of carbonyl (C=O) groups is 1. The first-order valence-electron chi connectivity index (χ1n) is 11.0. The lowest BCUT2D eigenvalue weighted by atomic mass is 9.98. The van der Waals surface area contributed by atoms with Crippen LogP contribution in [-0.2, 0) is 23.1 Å². The van der Waals surface area contributed by atoms with E-state index in [1.165, 1.54) is 12.8 Å². The molecular formula is C21H39O5P. The fourth-order valence-corrected chi connectivity index (χ4v) is 6.02. The smallest absolute Gasteiger partial charge is 0.337 e. The van der Waals surface area contributed by atoms with E-state index in [0.717, 1.165) is 64.2 Å².